The number of benzene rings is 1. The number of carbonyl (C=O) groups excluding carboxylic acids is 3. The van der Waals surface area contributed by atoms with Gasteiger partial charge in [-0.05, 0) is 37.1 Å². The molecule has 0 unspecified atom stereocenters. The minimum atomic E-state index is -1.08. The summed E-state index contributed by atoms with van der Waals surface area (Å²) in [6.07, 6.45) is 5.24. The van der Waals surface area contributed by atoms with Crippen LogP contribution in [0.5, 0.6) is 0 Å². The predicted molar refractivity (Wildman–Crippen MR) is 115 cm³/mol. The minimum Gasteiger partial charge on any atom is -0.357 e. The summed E-state index contributed by atoms with van der Waals surface area (Å²) >= 11 is 0. The minimum absolute atomic E-state index is 0.137. The number of nitrogens with one attached hydrogen (secondary N) is 2. The molecule has 2 aromatic heterocycles. The molecule has 3 aromatic rings. The van der Waals surface area contributed by atoms with Crippen molar-refractivity contribution in [1.29, 1.82) is 0 Å². The van der Waals surface area contributed by atoms with E-state index in [9.17, 15) is 14.4 Å². The van der Waals surface area contributed by atoms with Gasteiger partial charge in [-0.2, -0.15) is 0 Å². The second kappa shape index (κ2) is 8.51. The van der Waals surface area contributed by atoms with Crippen molar-refractivity contribution < 1.29 is 14.4 Å². The molecule has 0 saturated carbocycles. The predicted octanol–water partition coefficient (Wildman–Crippen LogP) is 1.78. The van der Waals surface area contributed by atoms with Gasteiger partial charge in [-0.25, -0.2) is 0 Å². The molecule has 31 heavy (non-hydrogen) atoms. The molecule has 0 aliphatic carbocycles. The topological polar surface area (TPSA) is 104 Å². The van der Waals surface area contributed by atoms with Crippen molar-refractivity contribution in [3.8, 4) is 0 Å². The van der Waals surface area contributed by atoms with E-state index in [2.05, 4.69) is 20.6 Å². The molecule has 1 saturated heterocycles. The molecule has 8 heteroatoms. The highest BCUT2D eigenvalue weighted by Gasteiger charge is 2.43. The van der Waals surface area contributed by atoms with E-state index < -0.39 is 5.54 Å². The average Bonchev–Trinajstić information content (AvgIpc) is 2.83. The quantitative estimate of drug-likeness (QED) is 0.673. The lowest BCUT2D eigenvalue weighted by molar-refractivity contribution is -0.128. The molecule has 4 rings (SSSR count). The van der Waals surface area contributed by atoms with Crippen molar-refractivity contribution in [3.05, 3.63) is 72.2 Å². The molecule has 1 fully saturated rings. The maximum Gasteiger partial charge on any atom is 0.255 e. The fraction of sp³-hybridized carbons (Fsp3) is 0.261. The third kappa shape index (κ3) is 4.09. The van der Waals surface area contributed by atoms with E-state index in [-0.39, 0.29) is 17.7 Å². The van der Waals surface area contributed by atoms with Crippen molar-refractivity contribution in [2.45, 2.75) is 18.4 Å². The maximum atomic E-state index is 13.0. The van der Waals surface area contributed by atoms with Gasteiger partial charge in [0.05, 0.1) is 16.6 Å². The molecule has 8 nitrogen and oxygen atoms in total. The fourth-order valence-electron chi connectivity index (χ4n) is 3.90. The van der Waals surface area contributed by atoms with E-state index in [1.165, 1.54) is 6.20 Å². The van der Waals surface area contributed by atoms with E-state index in [1.54, 1.807) is 36.5 Å². The molecule has 1 aromatic carbocycles. The van der Waals surface area contributed by atoms with Crippen molar-refractivity contribution in [1.82, 2.24) is 25.5 Å². The van der Waals surface area contributed by atoms with Crippen LogP contribution >= 0.6 is 0 Å². The molecular weight excluding hydrogens is 394 g/mol. The Morgan fingerprint density at radius 2 is 1.77 bits per heavy atom. The Balaban J connectivity index is 1.50. The number of likely N-dealkylation sites (N-methyl/N-ethyl adjacent to an activating group) is 1. The summed E-state index contributed by atoms with van der Waals surface area (Å²) < 4.78 is 0. The van der Waals surface area contributed by atoms with E-state index in [0.717, 1.165) is 10.9 Å². The number of piperidine rings is 1. The molecule has 3 heterocycles. The number of para-hydroxylation sites is 1. The molecule has 2 N–H and O–H groups in total. The zero-order chi connectivity index (χ0) is 21.8. The number of nitrogens with zero attached hydrogens (tertiary/aromatic N) is 3. The summed E-state index contributed by atoms with van der Waals surface area (Å²) in [5, 5.41) is 6.42. The van der Waals surface area contributed by atoms with Crippen LogP contribution in [0.3, 0.4) is 0 Å². The molecule has 3 amide bonds. The molecule has 1 aliphatic heterocycles. The summed E-state index contributed by atoms with van der Waals surface area (Å²) in [6.45, 7) is 0.679. The number of aromatic nitrogens is 2. The van der Waals surface area contributed by atoms with Crippen molar-refractivity contribution in [2.75, 3.05) is 20.1 Å². The highest BCUT2D eigenvalue weighted by Crippen LogP contribution is 2.25. The van der Waals surface area contributed by atoms with Gasteiger partial charge in [0.2, 0.25) is 5.91 Å². The van der Waals surface area contributed by atoms with Crippen LogP contribution in [0.15, 0.2) is 61.1 Å². The lowest BCUT2D eigenvalue weighted by atomic mass is 9.85. The second-order valence-corrected chi connectivity index (χ2v) is 7.57. The van der Waals surface area contributed by atoms with Crippen molar-refractivity contribution in [2.24, 2.45) is 0 Å². The number of likely N-dealkylation sites (tertiary alicyclic amines) is 1. The number of amides is 3. The van der Waals surface area contributed by atoms with Gasteiger partial charge < -0.3 is 15.5 Å². The Labute approximate surface area is 179 Å². The lowest BCUT2D eigenvalue weighted by Crippen LogP contribution is -2.63. The van der Waals surface area contributed by atoms with Gasteiger partial charge in [0, 0.05) is 44.1 Å². The second-order valence-electron chi connectivity index (χ2n) is 7.57. The molecule has 0 bridgehead atoms. The van der Waals surface area contributed by atoms with Crippen LogP contribution in [-0.4, -0.2) is 58.3 Å². The van der Waals surface area contributed by atoms with Gasteiger partial charge >= 0.3 is 0 Å². The monoisotopic (exact) mass is 417 g/mol. The third-order valence-corrected chi connectivity index (χ3v) is 5.68. The largest absolute Gasteiger partial charge is 0.357 e. The third-order valence-electron chi connectivity index (χ3n) is 5.68. The highest BCUT2D eigenvalue weighted by atomic mass is 16.2. The first kappa shape index (κ1) is 20.5. The maximum absolute atomic E-state index is 13.0. The number of hydrogen-bond donors (Lipinski definition) is 2. The average molecular weight is 417 g/mol. The summed E-state index contributed by atoms with van der Waals surface area (Å²) in [7, 11) is 1.54. The Hall–Kier alpha value is -3.81. The zero-order valence-corrected chi connectivity index (χ0v) is 17.2. The Morgan fingerprint density at radius 3 is 2.48 bits per heavy atom. The van der Waals surface area contributed by atoms with Crippen LogP contribution in [0.2, 0.25) is 0 Å². The molecule has 158 valence electrons. The highest BCUT2D eigenvalue weighted by molar-refractivity contribution is 6.00. The molecule has 0 atom stereocenters. The van der Waals surface area contributed by atoms with Gasteiger partial charge in [0.1, 0.15) is 5.54 Å². The Kier molecular flexibility index (Phi) is 5.62. The number of rotatable bonds is 4. The van der Waals surface area contributed by atoms with Crippen LogP contribution in [0.1, 0.15) is 33.6 Å². The molecular formula is C23H23N5O3. The number of hydrogen-bond acceptors (Lipinski definition) is 5. The zero-order valence-electron chi connectivity index (χ0n) is 17.2. The Morgan fingerprint density at radius 1 is 1.00 bits per heavy atom. The summed E-state index contributed by atoms with van der Waals surface area (Å²) in [6, 6.07) is 12.8. The number of fused-ring (bicyclic) bond motifs is 1. The van der Waals surface area contributed by atoms with Crippen molar-refractivity contribution >= 4 is 28.6 Å². The van der Waals surface area contributed by atoms with Gasteiger partial charge in [0.25, 0.3) is 11.8 Å². The first-order chi connectivity index (χ1) is 15.0. The van der Waals surface area contributed by atoms with Crippen LogP contribution in [-0.2, 0) is 4.79 Å². The number of pyridine rings is 2. The summed E-state index contributed by atoms with van der Waals surface area (Å²) in [4.78, 5) is 48.4. The van der Waals surface area contributed by atoms with Gasteiger partial charge in [-0.15, -0.1) is 0 Å². The van der Waals surface area contributed by atoms with E-state index >= 15 is 0 Å². The first-order valence-electron chi connectivity index (χ1n) is 10.1. The van der Waals surface area contributed by atoms with Gasteiger partial charge in [-0.3, -0.25) is 24.4 Å². The van der Waals surface area contributed by atoms with Gasteiger partial charge in [-0.1, -0.05) is 18.2 Å². The number of carbonyl (C=O) groups is 3. The van der Waals surface area contributed by atoms with Crippen LogP contribution in [0, 0.1) is 0 Å². The summed E-state index contributed by atoms with van der Waals surface area (Å²) in [5.74, 6) is -0.776. The standard InChI is InChI=1S/C23H23N5O3/c1-24-22(31)23(27-20(29)17-6-4-10-25-14-17)8-11-28(12-9-23)21(30)18-13-16-5-2-3-7-19(16)26-15-18/h2-7,10,13-15H,8-9,11-12H2,1H3,(H,24,31)(H,27,29). The smallest absolute Gasteiger partial charge is 0.255 e. The van der Waals surface area contributed by atoms with Crippen LogP contribution in [0.25, 0.3) is 10.9 Å². The molecule has 0 radical (unpaired) electrons. The van der Waals surface area contributed by atoms with E-state index in [0.29, 0.717) is 37.1 Å². The molecule has 0 spiro atoms. The van der Waals surface area contributed by atoms with Crippen molar-refractivity contribution in [3.63, 3.8) is 0 Å². The fourth-order valence-corrected chi connectivity index (χ4v) is 3.90. The molecule has 1 aliphatic rings. The SMILES string of the molecule is CNC(=O)C1(NC(=O)c2cccnc2)CCN(C(=O)c2cnc3ccccc3c2)CC1. The van der Waals surface area contributed by atoms with E-state index in [4.69, 9.17) is 0 Å². The van der Waals surface area contributed by atoms with Crippen LogP contribution in [0.4, 0.5) is 0 Å². The Bertz CT molecular complexity index is 1120. The first-order valence-corrected chi connectivity index (χ1v) is 10.1. The summed E-state index contributed by atoms with van der Waals surface area (Å²) in [5.41, 5.74) is 0.631. The normalized spacial score (nSPS) is 15.3. The lowest BCUT2D eigenvalue weighted by Gasteiger charge is -2.40. The van der Waals surface area contributed by atoms with Crippen LogP contribution < -0.4 is 10.6 Å². The van der Waals surface area contributed by atoms with Gasteiger partial charge in [0.15, 0.2) is 0 Å². The van der Waals surface area contributed by atoms with E-state index in [1.807, 2.05) is 30.3 Å².